The number of aromatic nitrogens is 3. The van der Waals surface area contributed by atoms with Crippen LogP contribution in [-0.2, 0) is 6.54 Å². The van der Waals surface area contributed by atoms with E-state index < -0.39 is 17.0 Å². The van der Waals surface area contributed by atoms with Crippen LogP contribution >= 0.6 is 0 Å². The van der Waals surface area contributed by atoms with Crippen LogP contribution < -0.4 is 5.32 Å². The Bertz CT molecular complexity index is 351. The maximum absolute atomic E-state index is 10.3. The summed E-state index contributed by atoms with van der Waals surface area (Å²) in [5.74, 6) is -0.455. The minimum absolute atomic E-state index is 0.181. The summed E-state index contributed by atoms with van der Waals surface area (Å²) in [6.07, 6.45) is 0.584. The molecule has 0 aliphatic heterocycles. The summed E-state index contributed by atoms with van der Waals surface area (Å²) < 4.78 is 1.25. The van der Waals surface area contributed by atoms with Gasteiger partial charge in [0.2, 0.25) is 6.33 Å². The Balaban J connectivity index is 2.43. The Kier molecular flexibility index (Phi) is 4.32. The molecule has 1 heterocycles. The average molecular weight is 229 g/mol. The van der Waals surface area contributed by atoms with Crippen molar-refractivity contribution in [3.63, 3.8) is 0 Å². The van der Waals surface area contributed by atoms with Crippen LogP contribution in [0.25, 0.3) is 0 Å². The lowest BCUT2D eigenvalue weighted by molar-refractivity contribution is -0.394. The second-order valence-electron chi connectivity index (χ2n) is 3.74. The van der Waals surface area contributed by atoms with Gasteiger partial charge in [0.15, 0.2) is 0 Å². The molecular weight excluding hydrogens is 214 g/mol. The highest BCUT2D eigenvalue weighted by Crippen LogP contribution is 2.00. The first-order chi connectivity index (χ1) is 7.49. The van der Waals surface area contributed by atoms with Gasteiger partial charge in [-0.3, -0.25) is 0 Å². The molecule has 0 aliphatic rings. The van der Waals surface area contributed by atoms with Crippen molar-refractivity contribution in [2.75, 3.05) is 6.54 Å². The monoisotopic (exact) mass is 229 g/mol. The van der Waals surface area contributed by atoms with E-state index in [1.54, 1.807) is 0 Å². The molecule has 90 valence electrons. The molecule has 1 rings (SSSR count). The van der Waals surface area contributed by atoms with Crippen LogP contribution in [0.15, 0.2) is 6.33 Å². The molecule has 2 N–H and O–H groups in total. The molecule has 16 heavy (non-hydrogen) atoms. The van der Waals surface area contributed by atoms with E-state index in [0.717, 1.165) is 0 Å². The number of rotatable bonds is 6. The molecule has 8 heteroatoms. The molecule has 1 unspecified atom stereocenters. The van der Waals surface area contributed by atoms with E-state index in [9.17, 15) is 15.2 Å². The SMILES string of the molecule is CC(C)NCC(O)Cn1cnc([N+](=O)[O-])n1. The highest BCUT2D eigenvalue weighted by molar-refractivity contribution is 4.96. The van der Waals surface area contributed by atoms with Gasteiger partial charge in [0, 0.05) is 17.7 Å². The summed E-state index contributed by atoms with van der Waals surface area (Å²) in [7, 11) is 0. The Morgan fingerprint density at radius 3 is 2.88 bits per heavy atom. The van der Waals surface area contributed by atoms with E-state index in [1.165, 1.54) is 11.0 Å². The Morgan fingerprint density at radius 2 is 2.38 bits per heavy atom. The zero-order valence-corrected chi connectivity index (χ0v) is 9.20. The van der Waals surface area contributed by atoms with Gasteiger partial charge >= 0.3 is 5.95 Å². The highest BCUT2D eigenvalue weighted by atomic mass is 16.6. The third kappa shape index (κ3) is 3.91. The van der Waals surface area contributed by atoms with Crippen LogP contribution in [-0.4, -0.2) is 43.5 Å². The fraction of sp³-hybridized carbons (Fsp3) is 0.750. The van der Waals surface area contributed by atoms with Crippen molar-refractivity contribution in [1.29, 1.82) is 0 Å². The van der Waals surface area contributed by atoms with Crippen LogP contribution in [0.2, 0.25) is 0 Å². The first-order valence-electron chi connectivity index (χ1n) is 4.94. The van der Waals surface area contributed by atoms with Gasteiger partial charge in [-0.25, -0.2) is 0 Å². The first-order valence-corrected chi connectivity index (χ1v) is 4.94. The van der Waals surface area contributed by atoms with Crippen molar-refractivity contribution in [2.45, 2.75) is 32.5 Å². The summed E-state index contributed by atoms with van der Waals surface area (Å²) in [5.41, 5.74) is 0. The van der Waals surface area contributed by atoms with Gasteiger partial charge in [0.05, 0.1) is 12.6 Å². The van der Waals surface area contributed by atoms with Crippen molar-refractivity contribution in [3.05, 3.63) is 16.4 Å². The second-order valence-corrected chi connectivity index (χ2v) is 3.74. The van der Waals surface area contributed by atoms with Crippen molar-refractivity contribution in [1.82, 2.24) is 20.1 Å². The third-order valence-corrected chi connectivity index (χ3v) is 1.85. The zero-order chi connectivity index (χ0) is 12.1. The lowest BCUT2D eigenvalue weighted by Crippen LogP contribution is -2.34. The van der Waals surface area contributed by atoms with Crippen molar-refractivity contribution < 1.29 is 10.0 Å². The molecule has 0 amide bonds. The summed E-state index contributed by atoms with van der Waals surface area (Å²) in [6.45, 7) is 4.52. The smallest absolute Gasteiger partial charge is 0.390 e. The molecule has 0 saturated carbocycles. The number of hydrogen-bond donors (Lipinski definition) is 2. The van der Waals surface area contributed by atoms with Gasteiger partial charge < -0.3 is 20.5 Å². The number of nitrogens with zero attached hydrogens (tertiary/aromatic N) is 4. The minimum Gasteiger partial charge on any atom is -0.390 e. The maximum Gasteiger partial charge on any atom is 0.490 e. The maximum atomic E-state index is 10.3. The van der Waals surface area contributed by atoms with Gasteiger partial charge in [-0.2, -0.15) is 4.68 Å². The summed E-state index contributed by atoms with van der Waals surface area (Å²) >= 11 is 0. The number of nitrogens with one attached hydrogen (secondary N) is 1. The van der Waals surface area contributed by atoms with E-state index >= 15 is 0 Å². The molecule has 1 aromatic heterocycles. The summed E-state index contributed by atoms with van der Waals surface area (Å²) in [5, 5.41) is 26.5. The molecule has 1 atom stereocenters. The third-order valence-electron chi connectivity index (χ3n) is 1.85. The van der Waals surface area contributed by atoms with Crippen LogP contribution in [0.1, 0.15) is 13.8 Å². The molecule has 0 radical (unpaired) electrons. The predicted molar refractivity (Wildman–Crippen MR) is 55.8 cm³/mol. The second kappa shape index (κ2) is 5.52. The van der Waals surface area contributed by atoms with Crippen LogP contribution in [0.5, 0.6) is 0 Å². The van der Waals surface area contributed by atoms with Crippen molar-refractivity contribution in [3.8, 4) is 0 Å². The molecule has 1 aromatic rings. The van der Waals surface area contributed by atoms with E-state index in [-0.39, 0.29) is 12.6 Å². The molecule has 8 nitrogen and oxygen atoms in total. The summed E-state index contributed by atoms with van der Waals surface area (Å²) in [4.78, 5) is 13.1. The number of hydrogen-bond acceptors (Lipinski definition) is 6. The Morgan fingerprint density at radius 1 is 1.69 bits per heavy atom. The molecular formula is C8H15N5O3. The molecule has 0 aliphatic carbocycles. The standard InChI is InChI=1S/C8H15N5O3/c1-6(2)9-3-7(14)4-12-5-10-8(11-12)13(15)16/h5-7,9,14H,3-4H2,1-2H3. The van der Waals surface area contributed by atoms with E-state index in [0.29, 0.717) is 6.54 Å². The van der Waals surface area contributed by atoms with Gasteiger partial charge in [-0.1, -0.05) is 18.8 Å². The molecule has 0 fully saturated rings. The van der Waals surface area contributed by atoms with Gasteiger partial charge in [-0.05, 0) is 4.92 Å². The average Bonchev–Trinajstić information content (AvgIpc) is 2.63. The van der Waals surface area contributed by atoms with Crippen molar-refractivity contribution in [2.24, 2.45) is 0 Å². The van der Waals surface area contributed by atoms with Crippen LogP contribution in [0.3, 0.4) is 0 Å². The quantitative estimate of drug-likeness (QED) is 0.505. The molecule has 0 aromatic carbocycles. The van der Waals surface area contributed by atoms with Crippen molar-refractivity contribution >= 4 is 5.95 Å². The fourth-order valence-electron chi connectivity index (χ4n) is 1.11. The predicted octanol–water partition coefficient (Wildman–Crippen LogP) is -0.455. The minimum atomic E-state index is -0.671. The summed E-state index contributed by atoms with van der Waals surface area (Å²) in [6, 6.07) is 0.278. The normalized spacial score (nSPS) is 13.0. The number of aliphatic hydroxyl groups excluding tert-OH is 1. The Hall–Kier alpha value is -1.54. The molecule has 0 bridgehead atoms. The van der Waals surface area contributed by atoms with Gasteiger partial charge in [0.25, 0.3) is 0 Å². The highest BCUT2D eigenvalue weighted by Gasteiger charge is 2.15. The van der Waals surface area contributed by atoms with Gasteiger partial charge in [0.1, 0.15) is 0 Å². The largest absolute Gasteiger partial charge is 0.490 e. The first kappa shape index (κ1) is 12.5. The number of aliphatic hydroxyl groups is 1. The van der Waals surface area contributed by atoms with E-state index in [2.05, 4.69) is 15.4 Å². The van der Waals surface area contributed by atoms with Gasteiger partial charge in [-0.15, -0.1) is 0 Å². The van der Waals surface area contributed by atoms with E-state index in [1.807, 2.05) is 13.8 Å². The molecule has 0 spiro atoms. The zero-order valence-electron chi connectivity index (χ0n) is 9.20. The van der Waals surface area contributed by atoms with Crippen LogP contribution in [0, 0.1) is 10.1 Å². The lowest BCUT2D eigenvalue weighted by atomic mass is 10.3. The molecule has 0 saturated heterocycles. The lowest BCUT2D eigenvalue weighted by Gasteiger charge is -2.12. The topological polar surface area (TPSA) is 106 Å². The van der Waals surface area contributed by atoms with E-state index in [4.69, 9.17) is 0 Å². The van der Waals surface area contributed by atoms with Crippen LogP contribution in [0.4, 0.5) is 5.95 Å². The fourth-order valence-corrected chi connectivity index (χ4v) is 1.11. The Labute approximate surface area is 92.4 Å². The number of nitro groups is 1.